The lowest BCUT2D eigenvalue weighted by Crippen LogP contribution is -2.16. The number of rotatable bonds is 3. The van der Waals surface area contributed by atoms with Gasteiger partial charge >= 0.3 is 0 Å². The van der Waals surface area contributed by atoms with Gasteiger partial charge in [-0.15, -0.1) is 0 Å². The number of benzene rings is 1. The molecule has 0 bridgehead atoms. The van der Waals surface area contributed by atoms with Gasteiger partial charge in [0.2, 0.25) is 5.75 Å². The van der Waals surface area contributed by atoms with Crippen LogP contribution in [0.3, 0.4) is 0 Å². The molecule has 0 unspecified atom stereocenters. The Morgan fingerprint density at radius 3 is 2.19 bits per heavy atom. The molecule has 1 aromatic carbocycles. The molecule has 0 spiro atoms. The van der Waals surface area contributed by atoms with Crippen LogP contribution >= 0.6 is 11.6 Å². The molecule has 1 rings (SSSR count). The predicted octanol–water partition coefficient (Wildman–Crippen LogP) is 2.29. The molecule has 0 saturated carbocycles. The number of phenolic OH excluding ortho intramolecular Hbond substituents is 1. The van der Waals surface area contributed by atoms with E-state index in [1.165, 1.54) is 34.1 Å². The predicted molar refractivity (Wildman–Crippen MR) is 61.5 cm³/mol. The van der Waals surface area contributed by atoms with Gasteiger partial charge < -0.3 is 19.7 Å². The molecule has 4 nitrogen and oxygen atoms in total. The Hall–Kier alpha value is -1.13. The Kier molecular flexibility index (Phi) is 3.55. The van der Waals surface area contributed by atoms with Crippen LogP contribution in [0.25, 0.3) is 0 Å². The van der Waals surface area contributed by atoms with Gasteiger partial charge in [-0.05, 0) is 13.8 Å². The van der Waals surface area contributed by atoms with E-state index >= 15 is 0 Å². The van der Waals surface area contributed by atoms with Gasteiger partial charge in [0.1, 0.15) is 0 Å². The third kappa shape index (κ3) is 2.18. The molecule has 0 heterocycles. The van der Waals surface area contributed by atoms with E-state index in [1.807, 2.05) is 0 Å². The van der Waals surface area contributed by atoms with Crippen LogP contribution < -0.4 is 9.47 Å². The molecule has 1 aromatic rings. The zero-order valence-corrected chi connectivity index (χ0v) is 10.4. The Bertz CT molecular complexity index is 396. The van der Waals surface area contributed by atoms with Crippen molar-refractivity contribution in [3.63, 3.8) is 0 Å². The van der Waals surface area contributed by atoms with E-state index in [0.29, 0.717) is 5.75 Å². The molecule has 0 atom stereocenters. The summed E-state index contributed by atoms with van der Waals surface area (Å²) in [6.07, 6.45) is 0. The fourth-order valence-electron chi connectivity index (χ4n) is 1.53. The van der Waals surface area contributed by atoms with E-state index in [9.17, 15) is 10.2 Å². The SMILES string of the molecule is COc1cc(Cl)c(C(C)(C)O)c(O)c1OC. The number of phenols is 1. The summed E-state index contributed by atoms with van der Waals surface area (Å²) in [6.45, 7) is 3.06. The molecule has 0 amide bonds. The largest absolute Gasteiger partial charge is 0.504 e. The number of aliphatic hydroxyl groups is 1. The van der Waals surface area contributed by atoms with Gasteiger partial charge in [0.05, 0.1) is 24.8 Å². The maximum Gasteiger partial charge on any atom is 0.203 e. The number of hydrogen-bond donors (Lipinski definition) is 2. The van der Waals surface area contributed by atoms with Gasteiger partial charge in [0.15, 0.2) is 11.5 Å². The maximum absolute atomic E-state index is 9.97. The summed E-state index contributed by atoms with van der Waals surface area (Å²) in [6, 6.07) is 1.49. The van der Waals surface area contributed by atoms with Crippen LogP contribution in [0, 0.1) is 0 Å². The van der Waals surface area contributed by atoms with Crippen LogP contribution in [0.5, 0.6) is 17.2 Å². The summed E-state index contributed by atoms with van der Waals surface area (Å²) in [5.41, 5.74) is -1.05. The Morgan fingerprint density at radius 2 is 1.81 bits per heavy atom. The van der Waals surface area contributed by atoms with Crippen LogP contribution in [0.1, 0.15) is 19.4 Å². The molecular formula is C11H15ClO4. The number of ether oxygens (including phenoxy) is 2. The molecular weight excluding hydrogens is 232 g/mol. The molecule has 0 radical (unpaired) electrons. The van der Waals surface area contributed by atoms with E-state index in [1.54, 1.807) is 0 Å². The molecule has 90 valence electrons. The highest BCUT2D eigenvalue weighted by Crippen LogP contribution is 2.46. The third-order valence-electron chi connectivity index (χ3n) is 2.21. The monoisotopic (exact) mass is 246 g/mol. The van der Waals surface area contributed by atoms with Crippen molar-refractivity contribution in [1.82, 2.24) is 0 Å². The van der Waals surface area contributed by atoms with Crippen molar-refractivity contribution in [2.24, 2.45) is 0 Å². The number of aromatic hydroxyl groups is 1. The number of methoxy groups -OCH3 is 2. The van der Waals surface area contributed by atoms with Crippen molar-refractivity contribution in [1.29, 1.82) is 0 Å². The first-order valence-corrected chi connectivity index (χ1v) is 5.07. The topological polar surface area (TPSA) is 58.9 Å². The smallest absolute Gasteiger partial charge is 0.203 e. The summed E-state index contributed by atoms with van der Waals surface area (Å²) in [4.78, 5) is 0. The number of hydrogen-bond acceptors (Lipinski definition) is 4. The van der Waals surface area contributed by atoms with Crippen molar-refractivity contribution in [3.05, 3.63) is 16.7 Å². The van der Waals surface area contributed by atoms with Crippen LogP contribution in [-0.4, -0.2) is 24.4 Å². The minimum Gasteiger partial charge on any atom is -0.504 e. The first-order chi connectivity index (χ1) is 7.32. The zero-order chi connectivity index (χ0) is 12.5. The zero-order valence-electron chi connectivity index (χ0n) is 9.67. The quantitative estimate of drug-likeness (QED) is 0.859. The maximum atomic E-state index is 9.97. The van der Waals surface area contributed by atoms with Crippen LogP contribution in [-0.2, 0) is 5.60 Å². The van der Waals surface area contributed by atoms with Gasteiger partial charge in [0.25, 0.3) is 0 Å². The summed E-state index contributed by atoms with van der Waals surface area (Å²) < 4.78 is 10.0. The average Bonchev–Trinajstić information content (AvgIpc) is 2.14. The second kappa shape index (κ2) is 4.39. The first kappa shape index (κ1) is 12.9. The summed E-state index contributed by atoms with van der Waals surface area (Å²) >= 11 is 5.97. The molecule has 0 saturated heterocycles. The van der Waals surface area contributed by atoms with Gasteiger partial charge in [0, 0.05) is 11.6 Å². The molecule has 0 aliphatic rings. The van der Waals surface area contributed by atoms with Crippen molar-refractivity contribution in [2.45, 2.75) is 19.4 Å². The minimum atomic E-state index is -1.26. The Morgan fingerprint density at radius 1 is 1.25 bits per heavy atom. The lowest BCUT2D eigenvalue weighted by atomic mass is 9.96. The molecule has 5 heteroatoms. The molecule has 0 aliphatic carbocycles. The van der Waals surface area contributed by atoms with Crippen molar-refractivity contribution in [3.8, 4) is 17.2 Å². The van der Waals surface area contributed by atoms with E-state index in [-0.39, 0.29) is 22.1 Å². The first-order valence-electron chi connectivity index (χ1n) is 4.69. The van der Waals surface area contributed by atoms with Gasteiger partial charge in [-0.3, -0.25) is 0 Å². The van der Waals surface area contributed by atoms with E-state index < -0.39 is 5.60 Å². The lowest BCUT2D eigenvalue weighted by molar-refractivity contribution is 0.0753. The highest BCUT2D eigenvalue weighted by atomic mass is 35.5. The van der Waals surface area contributed by atoms with Crippen LogP contribution in [0.2, 0.25) is 5.02 Å². The highest BCUT2D eigenvalue weighted by molar-refractivity contribution is 6.32. The summed E-state index contributed by atoms with van der Waals surface area (Å²) in [5.74, 6) is 0.265. The molecule has 0 fully saturated rings. The third-order valence-corrected chi connectivity index (χ3v) is 2.51. The van der Waals surface area contributed by atoms with E-state index in [2.05, 4.69) is 0 Å². The fourth-order valence-corrected chi connectivity index (χ4v) is 1.95. The summed E-state index contributed by atoms with van der Waals surface area (Å²) in [7, 11) is 2.84. The van der Waals surface area contributed by atoms with Gasteiger partial charge in [-0.2, -0.15) is 0 Å². The van der Waals surface area contributed by atoms with Crippen LogP contribution in [0.4, 0.5) is 0 Å². The molecule has 0 aromatic heterocycles. The van der Waals surface area contributed by atoms with Crippen LogP contribution in [0.15, 0.2) is 6.07 Å². The second-order valence-corrected chi connectivity index (χ2v) is 4.28. The number of halogens is 1. The van der Waals surface area contributed by atoms with Crippen molar-refractivity contribution < 1.29 is 19.7 Å². The molecule has 2 N–H and O–H groups in total. The average molecular weight is 247 g/mol. The minimum absolute atomic E-state index is 0.157. The fraction of sp³-hybridized carbons (Fsp3) is 0.455. The standard InChI is InChI=1S/C11H15ClO4/c1-11(2,14)8-6(12)5-7(15-3)10(16-4)9(8)13/h5,13-14H,1-4H3. The second-order valence-electron chi connectivity index (χ2n) is 3.88. The van der Waals surface area contributed by atoms with E-state index in [4.69, 9.17) is 21.1 Å². The van der Waals surface area contributed by atoms with Gasteiger partial charge in [-0.25, -0.2) is 0 Å². The van der Waals surface area contributed by atoms with Crippen molar-refractivity contribution >= 4 is 11.6 Å². The summed E-state index contributed by atoms with van der Waals surface area (Å²) in [5, 5.41) is 20.1. The normalized spacial score (nSPS) is 11.4. The lowest BCUT2D eigenvalue weighted by Gasteiger charge is -2.23. The molecule has 16 heavy (non-hydrogen) atoms. The molecule has 0 aliphatic heterocycles. The van der Waals surface area contributed by atoms with Gasteiger partial charge in [-0.1, -0.05) is 11.6 Å². The van der Waals surface area contributed by atoms with E-state index in [0.717, 1.165) is 0 Å². The van der Waals surface area contributed by atoms with Crippen molar-refractivity contribution in [2.75, 3.05) is 14.2 Å². The Balaban J connectivity index is 3.54. The highest BCUT2D eigenvalue weighted by Gasteiger charge is 2.28. The Labute approximate surface area is 99.4 Å².